The third-order valence-corrected chi connectivity index (χ3v) is 7.52. The molecule has 1 heterocycles. The number of aryl methyl sites for hydroxylation is 2. The van der Waals surface area contributed by atoms with Crippen molar-refractivity contribution in [3.63, 3.8) is 0 Å². The Morgan fingerprint density at radius 3 is 1.64 bits per heavy atom. The highest BCUT2D eigenvalue weighted by molar-refractivity contribution is 5.99. The van der Waals surface area contributed by atoms with E-state index >= 15 is 0 Å². The zero-order chi connectivity index (χ0) is 28.3. The Labute approximate surface area is 230 Å². The van der Waals surface area contributed by atoms with Gasteiger partial charge in [-0.25, -0.2) is 9.59 Å². The van der Waals surface area contributed by atoms with Crippen LogP contribution in [-0.2, 0) is 36.0 Å². The average molecular weight is 531 g/mol. The SMILES string of the molecule is CCCc1cc(O)c(CCC)c(C2(c3cc(CCC)cc(O)c3CCC)OC(=O)c3cc(C(=O)O)ccc32)c1. The van der Waals surface area contributed by atoms with Gasteiger partial charge in [-0.1, -0.05) is 71.6 Å². The molecule has 0 unspecified atom stereocenters. The number of phenols is 2. The number of ether oxygens (including phenoxy) is 1. The number of aromatic carboxylic acids is 1. The Morgan fingerprint density at radius 2 is 1.21 bits per heavy atom. The zero-order valence-electron chi connectivity index (χ0n) is 23.3. The molecule has 0 aliphatic carbocycles. The van der Waals surface area contributed by atoms with Crippen molar-refractivity contribution in [2.75, 3.05) is 0 Å². The van der Waals surface area contributed by atoms with Crippen molar-refractivity contribution in [2.24, 2.45) is 0 Å². The van der Waals surface area contributed by atoms with Crippen molar-refractivity contribution in [1.82, 2.24) is 0 Å². The number of aromatic hydroxyl groups is 2. The van der Waals surface area contributed by atoms with Gasteiger partial charge >= 0.3 is 11.9 Å². The number of carboxylic acid groups (broad SMARTS) is 1. The summed E-state index contributed by atoms with van der Waals surface area (Å²) in [5, 5.41) is 32.2. The van der Waals surface area contributed by atoms with Crippen LogP contribution < -0.4 is 0 Å². The first kappa shape index (κ1) is 28.2. The molecule has 6 nitrogen and oxygen atoms in total. The number of benzene rings is 3. The molecule has 0 aromatic heterocycles. The van der Waals surface area contributed by atoms with Crippen molar-refractivity contribution < 1.29 is 29.6 Å². The summed E-state index contributed by atoms with van der Waals surface area (Å²) in [5.41, 5.74) is 3.76. The van der Waals surface area contributed by atoms with Crippen LogP contribution >= 0.6 is 0 Å². The summed E-state index contributed by atoms with van der Waals surface area (Å²) in [6.07, 6.45) is 5.81. The summed E-state index contributed by atoms with van der Waals surface area (Å²) >= 11 is 0. The molecular weight excluding hydrogens is 492 g/mol. The summed E-state index contributed by atoms with van der Waals surface area (Å²) in [7, 11) is 0. The van der Waals surface area contributed by atoms with Crippen molar-refractivity contribution in [3.05, 3.63) is 92.5 Å². The lowest BCUT2D eigenvalue weighted by Gasteiger charge is -2.35. The molecule has 4 rings (SSSR count). The number of carboxylic acids is 1. The second kappa shape index (κ2) is 11.5. The van der Waals surface area contributed by atoms with Crippen LogP contribution in [0.4, 0.5) is 0 Å². The van der Waals surface area contributed by atoms with Gasteiger partial charge in [-0.2, -0.15) is 0 Å². The minimum atomic E-state index is -1.46. The first-order valence-corrected chi connectivity index (χ1v) is 14.0. The zero-order valence-corrected chi connectivity index (χ0v) is 23.3. The van der Waals surface area contributed by atoms with Crippen LogP contribution in [-0.4, -0.2) is 27.3 Å². The molecule has 0 spiro atoms. The minimum absolute atomic E-state index is 0.00535. The maximum atomic E-state index is 13.6. The van der Waals surface area contributed by atoms with Crippen LogP contribution in [0.5, 0.6) is 11.5 Å². The van der Waals surface area contributed by atoms with Gasteiger partial charge in [0.25, 0.3) is 0 Å². The predicted octanol–water partition coefficient (Wildman–Crippen LogP) is 7.07. The van der Waals surface area contributed by atoms with Gasteiger partial charge in [0.15, 0.2) is 5.60 Å². The van der Waals surface area contributed by atoms with Gasteiger partial charge in [-0.3, -0.25) is 0 Å². The van der Waals surface area contributed by atoms with Gasteiger partial charge < -0.3 is 20.1 Å². The van der Waals surface area contributed by atoms with E-state index in [0.29, 0.717) is 40.7 Å². The molecular formula is C33H38O6. The summed E-state index contributed by atoms with van der Waals surface area (Å²) in [6, 6.07) is 12.1. The van der Waals surface area contributed by atoms with Crippen LogP contribution in [0.3, 0.4) is 0 Å². The van der Waals surface area contributed by atoms with E-state index in [1.807, 2.05) is 26.0 Å². The molecule has 0 amide bonds. The molecule has 206 valence electrons. The van der Waals surface area contributed by atoms with E-state index in [-0.39, 0.29) is 22.6 Å². The molecule has 39 heavy (non-hydrogen) atoms. The molecule has 1 aliphatic rings. The van der Waals surface area contributed by atoms with Gasteiger partial charge in [-0.15, -0.1) is 0 Å². The number of carbonyl (C=O) groups is 2. The third-order valence-electron chi connectivity index (χ3n) is 7.52. The second-order valence-electron chi connectivity index (χ2n) is 10.4. The number of phenolic OH excluding ortho intramolecular Hbond substituents is 2. The van der Waals surface area contributed by atoms with Crippen LogP contribution in [0.1, 0.15) is 113 Å². The van der Waals surface area contributed by atoms with E-state index in [2.05, 4.69) is 13.8 Å². The monoisotopic (exact) mass is 530 g/mol. The highest BCUT2D eigenvalue weighted by Gasteiger charge is 2.51. The van der Waals surface area contributed by atoms with Crippen molar-refractivity contribution in [1.29, 1.82) is 0 Å². The maximum Gasteiger partial charge on any atom is 0.340 e. The lowest BCUT2D eigenvalue weighted by atomic mass is 9.73. The fourth-order valence-electron chi connectivity index (χ4n) is 5.90. The molecule has 0 saturated heterocycles. The first-order valence-electron chi connectivity index (χ1n) is 14.0. The van der Waals surface area contributed by atoms with Gasteiger partial charge in [0.2, 0.25) is 0 Å². The number of fused-ring (bicyclic) bond motifs is 1. The van der Waals surface area contributed by atoms with E-state index < -0.39 is 17.5 Å². The Bertz CT molecular complexity index is 1340. The summed E-state index contributed by atoms with van der Waals surface area (Å²) in [5.74, 6) is -1.46. The highest BCUT2D eigenvalue weighted by Crippen LogP contribution is 2.52. The van der Waals surface area contributed by atoms with E-state index in [1.54, 1.807) is 18.2 Å². The largest absolute Gasteiger partial charge is 0.508 e. The van der Waals surface area contributed by atoms with E-state index in [1.165, 1.54) is 12.1 Å². The normalized spacial score (nSPS) is 13.8. The van der Waals surface area contributed by atoms with Crippen LogP contribution in [0.15, 0.2) is 42.5 Å². The number of hydrogen-bond donors (Lipinski definition) is 3. The Balaban J connectivity index is 2.20. The van der Waals surface area contributed by atoms with Crippen molar-refractivity contribution in [3.8, 4) is 11.5 Å². The smallest absolute Gasteiger partial charge is 0.340 e. The molecule has 0 saturated carbocycles. The third kappa shape index (κ3) is 5.00. The summed E-state index contributed by atoms with van der Waals surface area (Å²) in [6.45, 7) is 8.19. The lowest BCUT2D eigenvalue weighted by Crippen LogP contribution is -2.33. The second-order valence-corrected chi connectivity index (χ2v) is 10.4. The number of carbonyl (C=O) groups excluding carboxylic acids is 1. The molecule has 3 N–H and O–H groups in total. The maximum absolute atomic E-state index is 13.6. The fraction of sp³-hybridized carbons (Fsp3) is 0.394. The van der Waals surface area contributed by atoms with Gasteiger partial charge in [0.05, 0.1) is 11.1 Å². The van der Waals surface area contributed by atoms with Crippen LogP contribution in [0, 0.1) is 0 Å². The predicted molar refractivity (Wildman–Crippen MR) is 151 cm³/mol. The highest BCUT2D eigenvalue weighted by atomic mass is 16.6. The molecule has 0 fully saturated rings. The molecule has 1 aliphatic heterocycles. The average Bonchev–Trinajstić information content (AvgIpc) is 3.19. The number of rotatable bonds is 11. The Hall–Kier alpha value is -3.80. The first-order chi connectivity index (χ1) is 18.7. The fourth-order valence-corrected chi connectivity index (χ4v) is 5.90. The molecule has 0 radical (unpaired) electrons. The lowest BCUT2D eigenvalue weighted by molar-refractivity contribution is 0.0244. The van der Waals surface area contributed by atoms with Crippen molar-refractivity contribution >= 4 is 11.9 Å². The summed E-state index contributed by atoms with van der Waals surface area (Å²) in [4.78, 5) is 25.4. The van der Waals surface area contributed by atoms with E-state index in [0.717, 1.165) is 49.7 Å². The van der Waals surface area contributed by atoms with E-state index in [9.17, 15) is 24.9 Å². The standard InChI is InChI=1S/C33H38O6/c1-5-9-20-15-27(23(11-7-3)29(34)17-20)33(26-14-13-22(31(36)37)19-25(26)32(38)39-33)28-16-21(10-6-2)18-30(35)24(28)12-8-4/h13-19,34-35H,5-12H2,1-4H3,(H,36,37). The van der Waals surface area contributed by atoms with E-state index in [4.69, 9.17) is 4.74 Å². The summed E-state index contributed by atoms with van der Waals surface area (Å²) < 4.78 is 6.42. The molecule has 3 aromatic rings. The van der Waals surface area contributed by atoms with Crippen LogP contribution in [0.25, 0.3) is 0 Å². The minimum Gasteiger partial charge on any atom is -0.508 e. The van der Waals surface area contributed by atoms with Gasteiger partial charge in [-0.05, 0) is 61.1 Å². The molecule has 6 heteroatoms. The topological polar surface area (TPSA) is 104 Å². The Kier molecular flexibility index (Phi) is 8.34. The number of esters is 1. The quantitative estimate of drug-likeness (QED) is 0.229. The Morgan fingerprint density at radius 1 is 0.718 bits per heavy atom. The van der Waals surface area contributed by atoms with Crippen molar-refractivity contribution in [2.45, 2.75) is 84.7 Å². The molecule has 0 bridgehead atoms. The van der Waals surface area contributed by atoms with Gasteiger partial charge in [0, 0.05) is 27.8 Å². The molecule has 3 aromatic carbocycles. The number of cyclic esters (lactones) is 1. The van der Waals surface area contributed by atoms with Crippen LogP contribution in [0.2, 0.25) is 0 Å². The number of hydrogen-bond acceptors (Lipinski definition) is 5. The molecule has 0 atom stereocenters. The van der Waals surface area contributed by atoms with Gasteiger partial charge in [0.1, 0.15) is 11.5 Å².